The molecule has 1 unspecified atom stereocenters. The predicted octanol–water partition coefficient (Wildman–Crippen LogP) is 2.48. The summed E-state index contributed by atoms with van der Waals surface area (Å²) in [7, 11) is 1.68. The standard InChI is InChI=1S/C15H20ClN3O2/c1-3-4-11(9-21-2)17-8-14-18-13-7-10(16)5-6-12(13)15(20)19-14/h5-7,11,17H,3-4,8-9H2,1-2H3,(H,18,19,20). The van der Waals surface area contributed by atoms with Crippen molar-refractivity contribution >= 4 is 22.5 Å². The Morgan fingerprint density at radius 2 is 2.29 bits per heavy atom. The summed E-state index contributed by atoms with van der Waals surface area (Å²) in [5.74, 6) is 0.604. The maximum Gasteiger partial charge on any atom is 0.258 e. The lowest BCUT2D eigenvalue weighted by Gasteiger charge is -2.16. The predicted molar refractivity (Wildman–Crippen MR) is 84.8 cm³/mol. The zero-order valence-electron chi connectivity index (χ0n) is 12.3. The zero-order chi connectivity index (χ0) is 15.2. The number of rotatable bonds is 7. The number of hydrogen-bond donors (Lipinski definition) is 2. The van der Waals surface area contributed by atoms with Gasteiger partial charge in [0, 0.05) is 18.2 Å². The van der Waals surface area contributed by atoms with E-state index >= 15 is 0 Å². The Hall–Kier alpha value is -1.43. The van der Waals surface area contributed by atoms with E-state index in [2.05, 4.69) is 22.2 Å². The molecule has 5 nitrogen and oxygen atoms in total. The number of methoxy groups -OCH3 is 1. The van der Waals surface area contributed by atoms with Gasteiger partial charge in [-0.15, -0.1) is 0 Å². The molecule has 2 aromatic rings. The minimum atomic E-state index is -0.146. The Kier molecular flexibility index (Phi) is 5.73. The van der Waals surface area contributed by atoms with Crippen LogP contribution in [-0.2, 0) is 11.3 Å². The Morgan fingerprint density at radius 1 is 1.48 bits per heavy atom. The van der Waals surface area contributed by atoms with Crippen LogP contribution in [0.2, 0.25) is 5.02 Å². The lowest BCUT2D eigenvalue weighted by Crippen LogP contribution is -2.33. The molecule has 0 spiro atoms. The molecule has 0 saturated carbocycles. The molecule has 0 aliphatic rings. The molecule has 1 atom stereocenters. The molecular formula is C15H20ClN3O2. The molecule has 1 aromatic heterocycles. The van der Waals surface area contributed by atoms with Gasteiger partial charge in [-0.2, -0.15) is 0 Å². The minimum absolute atomic E-state index is 0.146. The van der Waals surface area contributed by atoms with Crippen LogP contribution in [0, 0.1) is 0 Å². The SMILES string of the molecule is CCCC(COC)NCc1nc2cc(Cl)ccc2c(=O)[nH]1. The molecule has 0 saturated heterocycles. The van der Waals surface area contributed by atoms with E-state index in [1.807, 2.05) is 0 Å². The molecule has 0 fully saturated rings. The monoisotopic (exact) mass is 309 g/mol. The van der Waals surface area contributed by atoms with E-state index in [-0.39, 0.29) is 11.6 Å². The molecule has 1 heterocycles. The van der Waals surface area contributed by atoms with Gasteiger partial charge >= 0.3 is 0 Å². The average molecular weight is 310 g/mol. The van der Waals surface area contributed by atoms with E-state index in [9.17, 15) is 4.79 Å². The van der Waals surface area contributed by atoms with Crippen LogP contribution in [0.15, 0.2) is 23.0 Å². The number of benzene rings is 1. The van der Waals surface area contributed by atoms with Crippen LogP contribution in [0.5, 0.6) is 0 Å². The van der Waals surface area contributed by atoms with Crippen molar-refractivity contribution in [3.63, 3.8) is 0 Å². The van der Waals surface area contributed by atoms with Crippen LogP contribution in [0.1, 0.15) is 25.6 Å². The second-order valence-corrected chi connectivity index (χ2v) is 5.43. The van der Waals surface area contributed by atoms with Gasteiger partial charge in [-0.05, 0) is 24.6 Å². The van der Waals surface area contributed by atoms with Gasteiger partial charge in [-0.1, -0.05) is 24.9 Å². The topological polar surface area (TPSA) is 67.0 Å². The molecule has 0 aliphatic heterocycles. The number of fused-ring (bicyclic) bond motifs is 1. The average Bonchev–Trinajstić information content (AvgIpc) is 2.45. The minimum Gasteiger partial charge on any atom is -0.383 e. The fourth-order valence-electron chi connectivity index (χ4n) is 2.28. The number of nitrogens with zero attached hydrogens (tertiary/aromatic N) is 1. The molecule has 1 aromatic carbocycles. The van der Waals surface area contributed by atoms with Crippen molar-refractivity contribution in [1.29, 1.82) is 0 Å². The fourth-order valence-corrected chi connectivity index (χ4v) is 2.45. The Morgan fingerprint density at radius 3 is 3.00 bits per heavy atom. The number of aromatic amines is 1. The van der Waals surface area contributed by atoms with Gasteiger partial charge in [0.15, 0.2) is 0 Å². The summed E-state index contributed by atoms with van der Waals surface area (Å²) in [4.78, 5) is 19.3. The van der Waals surface area contributed by atoms with E-state index in [1.54, 1.807) is 25.3 Å². The smallest absolute Gasteiger partial charge is 0.258 e. The molecule has 0 amide bonds. The van der Waals surface area contributed by atoms with Gasteiger partial charge in [-0.25, -0.2) is 4.98 Å². The molecule has 0 aliphatic carbocycles. The molecule has 2 N–H and O–H groups in total. The third-order valence-corrected chi connectivity index (χ3v) is 3.52. The number of aromatic nitrogens is 2. The summed E-state index contributed by atoms with van der Waals surface area (Å²) in [6.07, 6.45) is 2.08. The second-order valence-electron chi connectivity index (χ2n) is 5.00. The van der Waals surface area contributed by atoms with Crippen LogP contribution >= 0.6 is 11.6 Å². The summed E-state index contributed by atoms with van der Waals surface area (Å²) in [6.45, 7) is 3.26. The van der Waals surface area contributed by atoms with Crippen LogP contribution in [0.3, 0.4) is 0 Å². The van der Waals surface area contributed by atoms with Crippen molar-refractivity contribution in [1.82, 2.24) is 15.3 Å². The third-order valence-electron chi connectivity index (χ3n) is 3.28. The molecule has 6 heteroatoms. The van der Waals surface area contributed by atoms with Crippen molar-refractivity contribution in [3.05, 3.63) is 39.4 Å². The Balaban J connectivity index is 2.16. The first kappa shape index (κ1) is 15.9. The number of hydrogen-bond acceptors (Lipinski definition) is 4. The van der Waals surface area contributed by atoms with E-state index in [1.165, 1.54) is 0 Å². The van der Waals surface area contributed by atoms with Crippen molar-refractivity contribution in [2.75, 3.05) is 13.7 Å². The van der Waals surface area contributed by atoms with Crippen molar-refractivity contribution in [2.24, 2.45) is 0 Å². The van der Waals surface area contributed by atoms with Crippen molar-refractivity contribution in [3.8, 4) is 0 Å². The lowest BCUT2D eigenvalue weighted by molar-refractivity contribution is 0.161. The summed E-state index contributed by atoms with van der Waals surface area (Å²) in [6, 6.07) is 5.33. The van der Waals surface area contributed by atoms with E-state index in [0.717, 1.165) is 12.8 Å². The number of nitrogens with one attached hydrogen (secondary N) is 2. The van der Waals surface area contributed by atoms with Crippen LogP contribution < -0.4 is 10.9 Å². The van der Waals surface area contributed by atoms with E-state index < -0.39 is 0 Å². The van der Waals surface area contributed by atoms with Gasteiger partial charge in [0.2, 0.25) is 0 Å². The summed E-state index contributed by atoms with van der Waals surface area (Å²) < 4.78 is 5.18. The van der Waals surface area contributed by atoms with Crippen molar-refractivity contribution < 1.29 is 4.74 Å². The second kappa shape index (κ2) is 7.54. The van der Waals surface area contributed by atoms with Crippen LogP contribution in [-0.4, -0.2) is 29.7 Å². The van der Waals surface area contributed by atoms with Crippen molar-refractivity contribution in [2.45, 2.75) is 32.4 Å². The van der Waals surface area contributed by atoms with Crippen LogP contribution in [0.25, 0.3) is 10.9 Å². The first-order chi connectivity index (χ1) is 10.1. The Labute approximate surface area is 128 Å². The van der Waals surface area contributed by atoms with Gasteiger partial charge in [0.1, 0.15) is 5.82 Å². The van der Waals surface area contributed by atoms with Gasteiger partial charge in [0.25, 0.3) is 5.56 Å². The molecule has 0 radical (unpaired) electrons. The molecule has 2 rings (SSSR count). The number of H-pyrrole nitrogens is 1. The number of ether oxygens (including phenoxy) is 1. The first-order valence-electron chi connectivity index (χ1n) is 7.04. The fraction of sp³-hybridized carbons (Fsp3) is 0.467. The highest BCUT2D eigenvalue weighted by Crippen LogP contribution is 2.14. The van der Waals surface area contributed by atoms with E-state index in [0.29, 0.717) is 34.9 Å². The normalized spacial score (nSPS) is 12.7. The first-order valence-corrected chi connectivity index (χ1v) is 7.42. The van der Waals surface area contributed by atoms with Gasteiger partial charge in [0.05, 0.1) is 24.1 Å². The molecule has 114 valence electrons. The Bertz CT molecular complexity index is 651. The maximum absolute atomic E-state index is 12.0. The molecular weight excluding hydrogens is 290 g/mol. The molecule has 0 bridgehead atoms. The van der Waals surface area contributed by atoms with Crippen LogP contribution in [0.4, 0.5) is 0 Å². The van der Waals surface area contributed by atoms with E-state index in [4.69, 9.17) is 16.3 Å². The summed E-state index contributed by atoms with van der Waals surface area (Å²) in [5.41, 5.74) is 0.467. The highest BCUT2D eigenvalue weighted by atomic mass is 35.5. The maximum atomic E-state index is 12.0. The lowest BCUT2D eigenvalue weighted by atomic mass is 10.2. The highest BCUT2D eigenvalue weighted by Gasteiger charge is 2.09. The summed E-state index contributed by atoms with van der Waals surface area (Å²) in [5, 5.41) is 4.47. The molecule has 21 heavy (non-hydrogen) atoms. The third kappa shape index (κ3) is 4.27. The van der Waals surface area contributed by atoms with Gasteiger partial charge < -0.3 is 15.0 Å². The van der Waals surface area contributed by atoms with Gasteiger partial charge in [-0.3, -0.25) is 4.79 Å². The number of halogens is 1. The largest absolute Gasteiger partial charge is 0.383 e. The summed E-state index contributed by atoms with van der Waals surface area (Å²) >= 11 is 5.95. The quantitative estimate of drug-likeness (QED) is 0.824. The highest BCUT2D eigenvalue weighted by molar-refractivity contribution is 6.31. The zero-order valence-corrected chi connectivity index (χ0v) is 13.0.